The van der Waals surface area contributed by atoms with Crippen molar-refractivity contribution in [1.29, 1.82) is 0 Å². The number of rotatable bonds is 4. The highest BCUT2D eigenvalue weighted by Crippen LogP contribution is 2.20. The van der Waals surface area contributed by atoms with Gasteiger partial charge in [-0.15, -0.1) is 0 Å². The van der Waals surface area contributed by atoms with E-state index in [0.717, 1.165) is 18.8 Å². The third kappa shape index (κ3) is 3.58. The molecule has 4 nitrogen and oxygen atoms in total. The number of pyridine rings is 2. The second-order valence-electron chi connectivity index (χ2n) is 5.61. The Morgan fingerprint density at radius 2 is 1.86 bits per heavy atom. The van der Waals surface area contributed by atoms with Crippen molar-refractivity contribution in [3.05, 3.63) is 54.6 Å². The van der Waals surface area contributed by atoms with Crippen LogP contribution in [0.3, 0.4) is 0 Å². The van der Waals surface area contributed by atoms with Gasteiger partial charge in [0.15, 0.2) is 0 Å². The molecular formula is C17H22N4. The lowest BCUT2D eigenvalue weighted by molar-refractivity contribution is 0.377. The Balaban J connectivity index is 1.52. The lowest BCUT2D eigenvalue weighted by Gasteiger charge is -2.35. The Hall–Kier alpha value is -1.94. The van der Waals surface area contributed by atoms with Crippen LogP contribution in [0.4, 0.5) is 5.69 Å². The summed E-state index contributed by atoms with van der Waals surface area (Å²) in [6, 6.07) is 11.2. The maximum atomic E-state index is 4.43. The second-order valence-corrected chi connectivity index (χ2v) is 5.61. The van der Waals surface area contributed by atoms with Crippen molar-refractivity contribution in [2.75, 3.05) is 18.0 Å². The van der Waals surface area contributed by atoms with Gasteiger partial charge >= 0.3 is 0 Å². The van der Waals surface area contributed by atoms with E-state index in [0.29, 0.717) is 12.1 Å². The summed E-state index contributed by atoms with van der Waals surface area (Å²) in [6.07, 6.45) is 7.92. The summed E-state index contributed by atoms with van der Waals surface area (Å²) in [5.41, 5.74) is 2.40. The van der Waals surface area contributed by atoms with Gasteiger partial charge in [0.05, 0.1) is 5.69 Å². The van der Waals surface area contributed by atoms with Crippen molar-refractivity contribution < 1.29 is 0 Å². The Kier molecular flexibility index (Phi) is 4.46. The first-order chi connectivity index (χ1) is 10.3. The third-order valence-corrected chi connectivity index (χ3v) is 4.14. The maximum Gasteiger partial charge on any atom is 0.0570 e. The molecule has 1 aliphatic rings. The number of hydrogen-bond acceptors (Lipinski definition) is 4. The van der Waals surface area contributed by atoms with Gasteiger partial charge in [-0.3, -0.25) is 9.97 Å². The van der Waals surface area contributed by atoms with E-state index in [1.807, 2.05) is 30.7 Å². The number of hydrogen-bond donors (Lipinski definition) is 1. The molecule has 110 valence electrons. The van der Waals surface area contributed by atoms with Gasteiger partial charge in [-0.2, -0.15) is 0 Å². The van der Waals surface area contributed by atoms with E-state index in [1.54, 1.807) is 0 Å². The molecule has 0 bridgehead atoms. The second kappa shape index (κ2) is 6.68. The Morgan fingerprint density at radius 1 is 1.10 bits per heavy atom. The Bertz CT molecular complexity index is 535. The first kappa shape index (κ1) is 14.0. The van der Waals surface area contributed by atoms with Crippen molar-refractivity contribution in [1.82, 2.24) is 15.3 Å². The van der Waals surface area contributed by atoms with Crippen molar-refractivity contribution in [3.8, 4) is 0 Å². The molecule has 21 heavy (non-hydrogen) atoms. The van der Waals surface area contributed by atoms with Crippen LogP contribution in [0.25, 0.3) is 0 Å². The van der Waals surface area contributed by atoms with Gasteiger partial charge in [0.25, 0.3) is 0 Å². The fourth-order valence-corrected chi connectivity index (χ4v) is 2.93. The van der Waals surface area contributed by atoms with Gasteiger partial charge in [-0.1, -0.05) is 6.07 Å². The highest BCUT2D eigenvalue weighted by Gasteiger charge is 2.21. The molecule has 0 radical (unpaired) electrons. The fourth-order valence-electron chi connectivity index (χ4n) is 2.93. The molecule has 0 amide bonds. The molecule has 3 rings (SSSR count). The molecule has 2 aromatic heterocycles. The van der Waals surface area contributed by atoms with Gasteiger partial charge in [0.2, 0.25) is 0 Å². The number of aromatic nitrogens is 2. The van der Waals surface area contributed by atoms with Crippen molar-refractivity contribution >= 4 is 5.69 Å². The standard InChI is InChI=1S/C17H22N4/c1-14(17-4-2-3-9-19-17)20-15-7-12-21(13-8-15)16-5-10-18-11-6-16/h2-6,9-11,14-15,20H,7-8,12-13H2,1H3/t14-/m1/s1. The minimum atomic E-state index is 0.309. The molecule has 0 aliphatic carbocycles. The normalized spacial score (nSPS) is 17.7. The molecule has 3 heterocycles. The number of nitrogens with zero attached hydrogens (tertiary/aromatic N) is 3. The van der Waals surface area contributed by atoms with Crippen LogP contribution in [0, 0.1) is 0 Å². The third-order valence-electron chi connectivity index (χ3n) is 4.14. The van der Waals surface area contributed by atoms with Gasteiger partial charge < -0.3 is 10.2 Å². The molecule has 4 heteroatoms. The lowest BCUT2D eigenvalue weighted by Crippen LogP contribution is -2.43. The largest absolute Gasteiger partial charge is 0.371 e. The van der Waals surface area contributed by atoms with Gasteiger partial charge in [0.1, 0.15) is 0 Å². The summed E-state index contributed by atoms with van der Waals surface area (Å²) in [5, 5.41) is 3.71. The molecule has 1 aliphatic heterocycles. The summed E-state index contributed by atoms with van der Waals surface area (Å²) < 4.78 is 0. The first-order valence-corrected chi connectivity index (χ1v) is 7.65. The minimum absolute atomic E-state index is 0.309. The summed E-state index contributed by atoms with van der Waals surface area (Å²) in [6.45, 7) is 4.38. The highest BCUT2D eigenvalue weighted by atomic mass is 15.2. The van der Waals surface area contributed by atoms with Crippen molar-refractivity contribution in [2.24, 2.45) is 0 Å². The van der Waals surface area contributed by atoms with E-state index in [2.05, 4.69) is 45.3 Å². The monoisotopic (exact) mass is 282 g/mol. The molecule has 1 atom stereocenters. The zero-order chi connectivity index (χ0) is 14.5. The summed E-state index contributed by atoms with van der Waals surface area (Å²) in [4.78, 5) is 10.9. The number of nitrogens with one attached hydrogen (secondary N) is 1. The topological polar surface area (TPSA) is 41.0 Å². The van der Waals surface area contributed by atoms with Crippen LogP contribution in [-0.2, 0) is 0 Å². The Morgan fingerprint density at radius 3 is 2.52 bits per heavy atom. The van der Waals surface area contributed by atoms with Crippen LogP contribution in [-0.4, -0.2) is 29.1 Å². The van der Waals surface area contributed by atoms with Crippen LogP contribution in [0.2, 0.25) is 0 Å². The summed E-state index contributed by atoms with van der Waals surface area (Å²) in [5.74, 6) is 0. The predicted octanol–water partition coefficient (Wildman–Crippen LogP) is 2.80. The van der Waals surface area contributed by atoms with E-state index in [1.165, 1.54) is 18.5 Å². The molecule has 0 saturated carbocycles. The lowest BCUT2D eigenvalue weighted by atomic mass is 10.0. The first-order valence-electron chi connectivity index (χ1n) is 7.65. The van der Waals surface area contributed by atoms with E-state index < -0.39 is 0 Å². The Labute approximate surface area is 126 Å². The average molecular weight is 282 g/mol. The van der Waals surface area contributed by atoms with Crippen molar-refractivity contribution in [2.45, 2.75) is 31.8 Å². The molecule has 0 unspecified atom stereocenters. The van der Waals surface area contributed by atoms with E-state index >= 15 is 0 Å². The maximum absolute atomic E-state index is 4.43. The van der Waals surface area contributed by atoms with Crippen LogP contribution in [0.5, 0.6) is 0 Å². The van der Waals surface area contributed by atoms with E-state index in [4.69, 9.17) is 0 Å². The number of piperidine rings is 1. The smallest absolute Gasteiger partial charge is 0.0570 e. The van der Waals surface area contributed by atoms with Crippen LogP contribution < -0.4 is 10.2 Å². The molecule has 1 fully saturated rings. The van der Waals surface area contributed by atoms with Gasteiger partial charge in [-0.05, 0) is 44.0 Å². The molecule has 1 saturated heterocycles. The molecule has 0 aromatic carbocycles. The molecular weight excluding hydrogens is 260 g/mol. The molecule has 0 spiro atoms. The van der Waals surface area contributed by atoms with E-state index in [-0.39, 0.29) is 0 Å². The predicted molar refractivity (Wildman–Crippen MR) is 85.3 cm³/mol. The molecule has 2 aromatic rings. The van der Waals surface area contributed by atoms with Crippen LogP contribution >= 0.6 is 0 Å². The number of anilines is 1. The van der Waals surface area contributed by atoms with Crippen molar-refractivity contribution in [3.63, 3.8) is 0 Å². The quantitative estimate of drug-likeness (QED) is 0.936. The summed E-state index contributed by atoms with van der Waals surface area (Å²) in [7, 11) is 0. The zero-order valence-corrected chi connectivity index (χ0v) is 12.4. The summed E-state index contributed by atoms with van der Waals surface area (Å²) >= 11 is 0. The zero-order valence-electron chi connectivity index (χ0n) is 12.4. The SMILES string of the molecule is C[C@@H](NC1CCN(c2ccncc2)CC1)c1ccccn1. The van der Waals surface area contributed by atoms with Gasteiger partial charge in [-0.25, -0.2) is 0 Å². The highest BCUT2D eigenvalue weighted by molar-refractivity contribution is 5.44. The molecule has 1 N–H and O–H groups in total. The average Bonchev–Trinajstić information content (AvgIpc) is 2.57. The van der Waals surface area contributed by atoms with Crippen LogP contribution in [0.15, 0.2) is 48.9 Å². The van der Waals surface area contributed by atoms with E-state index in [9.17, 15) is 0 Å². The van der Waals surface area contributed by atoms with Gasteiger partial charge in [0, 0.05) is 49.5 Å². The minimum Gasteiger partial charge on any atom is -0.371 e. The van der Waals surface area contributed by atoms with Crippen LogP contribution in [0.1, 0.15) is 31.5 Å². The fraction of sp³-hybridized carbons (Fsp3) is 0.412.